The van der Waals surface area contributed by atoms with Gasteiger partial charge in [0.25, 0.3) is 0 Å². The molecule has 1 fully saturated rings. The molecule has 1 aliphatic carbocycles. The van der Waals surface area contributed by atoms with Crippen LogP contribution in [0.4, 0.5) is 0 Å². The third-order valence-electron chi connectivity index (χ3n) is 3.97. The van der Waals surface area contributed by atoms with E-state index in [0.717, 1.165) is 24.4 Å². The third kappa shape index (κ3) is 1.75. The van der Waals surface area contributed by atoms with E-state index in [2.05, 4.69) is 42.9 Å². The predicted octanol–water partition coefficient (Wildman–Crippen LogP) is 2.95. The SMILES string of the molecule is Cc1cc(C)c(-c2cnc(C3(N)CC3)[nH]2)cc1C. The summed E-state index contributed by atoms with van der Waals surface area (Å²) in [6, 6.07) is 4.44. The maximum atomic E-state index is 6.16. The number of nitrogens with one attached hydrogen (secondary N) is 1. The molecule has 0 saturated heterocycles. The Bertz CT molecular complexity index is 606. The Morgan fingerprint density at radius 2 is 1.78 bits per heavy atom. The van der Waals surface area contributed by atoms with Crippen molar-refractivity contribution in [3.05, 3.63) is 40.8 Å². The van der Waals surface area contributed by atoms with E-state index in [9.17, 15) is 0 Å². The lowest BCUT2D eigenvalue weighted by molar-refractivity contribution is 0.685. The summed E-state index contributed by atoms with van der Waals surface area (Å²) in [5.41, 5.74) is 12.2. The summed E-state index contributed by atoms with van der Waals surface area (Å²) in [6.45, 7) is 6.42. The van der Waals surface area contributed by atoms with Gasteiger partial charge in [0.15, 0.2) is 0 Å². The molecule has 3 heteroatoms. The number of aromatic amines is 1. The molecule has 3 N–H and O–H groups in total. The van der Waals surface area contributed by atoms with E-state index in [1.165, 1.54) is 22.3 Å². The van der Waals surface area contributed by atoms with Gasteiger partial charge in [-0.3, -0.25) is 0 Å². The summed E-state index contributed by atoms with van der Waals surface area (Å²) < 4.78 is 0. The van der Waals surface area contributed by atoms with Gasteiger partial charge in [-0.1, -0.05) is 6.07 Å². The van der Waals surface area contributed by atoms with Gasteiger partial charge < -0.3 is 10.7 Å². The molecule has 1 aromatic carbocycles. The molecule has 0 radical (unpaired) electrons. The lowest BCUT2D eigenvalue weighted by Crippen LogP contribution is -2.20. The van der Waals surface area contributed by atoms with Gasteiger partial charge in [0.2, 0.25) is 0 Å². The van der Waals surface area contributed by atoms with Crippen LogP contribution in [0.5, 0.6) is 0 Å². The van der Waals surface area contributed by atoms with E-state index in [0.29, 0.717) is 0 Å². The molecule has 18 heavy (non-hydrogen) atoms. The number of rotatable bonds is 2. The van der Waals surface area contributed by atoms with Gasteiger partial charge in [-0.25, -0.2) is 4.98 Å². The maximum Gasteiger partial charge on any atom is 0.126 e. The molecule has 0 atom stereocenters. The first kappa shape index (κ1) is 11.5. The normalized spacial score (nSPS) is 16.9. The highest BCUT2D eigenvalue weighted by molar-refractivity contribution is 5.65. The first-order valence-corrected chi connectivity index (χ1v) is 6.42. The number of H-pyrrole nitrogens is 1. The van der Waals surface area contributed by atoms with E-state index >= 15 is 0 Å². The largest absolute Gasteiger partial charge is 0.340 e. The van der Waals surface area contributed by atoms with Gasteiger partial charge in [-0.2, -0.15) is 0 Å². The van der Waals surface area contributed by atoms with E-state index in [1.807, 2.05) is 6.20 Å². The van der Waals surface area contributed by atoms with Gasteiger partial charge >= 0.3 is 0 Å². The molecule has 3 rings (SSSR count). The number of hydrogen-bond donors (Lipinski definition) is 2. The summed E-state index contributed by atoms with van der Waals surface area (Å²) in [5.74, 6) is 0.926. The lowest BCUT2D eigenvalue weighted by atomic mass is 9.99. The van der Waals surface area contributed by atoms with Crippen molar-refractivity contribution < 1.29 is 0 Å². The van der Waals surface area contributed by atoms with Crippen LogP contribution in [0, 0.1) is 20.8 Å². The van der Waals surface area contributed by atoms with Crippen molar-refractivity contribution in [3.8, 4) is 11.3 Å². The first-order valence-electron chi connectivity index (χ1n) is 6.42. The van der Waals surface area contributed by atoms with Crippen LogP contribution < -0.4 is 5.73 Å². The average Bonchev–Trinajstić information content (AvgIpc) is 2.90. The molecule has 0 spiro atoms. The Balaban J connectivity index is 2.04. The molecule has 1 aliphatic rings. The van der Waals surface area contributed by atoms with Gasteiger partial charge in [0.05, 0.1) is 17.4 Å². The van der Waals surface area contributed by atoms with Crippen molar-refractivity contribution in [2.24, 2.45) is 5.73 Å². The second-order valence-corrected chi connectivity index (χ2v) is 5.55. The number of nitrogens with two attached hydrogens (primary N) is 1. The molecule has 0 amide bonds. The second-order valence-electron chi connectivity index (χ2n) is 5.55. The zero-order chi connectivity index (χ0) is 12.9. The maximum absolute atomic E-state index is 6.16. The van der Waals surface area contributed by atoms with Crippen molar-refractivity contribution in [1.82, 2.24) is 9.97 Å². The lowest BCUT2D eigenvalue weighted by Gasteiger charge is -2.08. The molecule has 0 bridgehead atoms. The minimum atomic E-state index is -0.189. The topological polar surface area (TPSA) is 54.7 Å². The zero-order valence-corrected chi connectivity index (χ0v) is 11.2. The Morgan fingerprint density at radius 1 is 1.11 bits per heavy atom. The van der Waals surface area contributed by atoms with Crippen molar-refractivity contribution in [1.29, 1.82) is 0 Å². The van der Waals surface area contributed by atoms with E-state index < -0.39 is 0 Å². The van der Waals surface area contributed by atoms with Gasteiger partial charge in [0, 0.05) is 5.56 Å². The summed E-state index contributed by atoms with van der Waals surface area (Å²) >= 11 is 0. The Kier molecular flexibility index (Phi) is 2.35. The first-order chi connectivity index (χ1) is 8.49. The number of benzene rings is 1. The summed E-state index contributed by atoms with van der Waals surface area (Å²) in [4.78, 5) is 7.82. The summed E-state index contributed by atoms with van der Waals surface area (Å²) in [5, 5.41) is 0. The van der Waals surface area contributed by atoms with Crippen LogP contribution in [-0.2, 0) is 5.54 Å². The number of nitrogens with zero attached hydrogens (tertiary/aromatic N) is 1. The molecule has 2 aromatic rings. The standard InChI is InChI=1S/C15H19N3/c1-9-6-11(3)12(7-10(9)2)13-8-17-14(18-13)15(16)4-5-15/h6-8H,4-5,16H2,1-3H3,(H,17,18). The Morgan fingerprint density at radius 3 is 2.44 bits per heavy atom. The fourth-order valence-corrected chi connectivity index (χ4v) is 2.33. The van der Waals surface area contributed by atoms with Crippen LogP contribution in [0.3, 0.4) is 0 Å². The molecular formula is C15H19N3. The van der Waals surface area contributed by atoms with Crippen molar-refractivity contribution >= 4 is 0 Å². The third-order valence-corrected chi connectivity index (χ3v) is 3.97. The molecule has 1 saturated carbocycles. The second kappa shape index (κ2) is 3.69. The molecule has 94 valence electrons. The van der Waals surface area contributed by atoms with Gasteiger partial charge in [-0.05, 0) is 56.4 Å². The van der Waals surface area contributed by atoms with E-state index in [-0.39, 0.29) is 5.54 Å². The highest BCUT2D eigenvalue weighted by Crippen LogP contribution is 2.41. The number of aromatic nitrogens is 2. The highest BCUT2D eigenvalue weighted by atomic mass is 15.0. The van der Waals surface area contributed by atoms with Crippen LogP contribution in [-0.4, -0.2) is 9.97 Å². The van der Waals surface area contributed by atoms with E-state index in [4.69, 9.17) is 5.73 Å². The van der Waals surface area contributed by atoms with Crippen LogP contribution in [0.15, 0.2) is 18.3 Å². The Hall–Kier alpha value is -1.61. The average molecular weight is 241 g/mol. The van der Waals surface area contributed by atoms with E-state index in [1.54, 1.807) is 0 Å². The molecule has 3 nitrogen and oxygen atoms in total. The highest BCUT2D eigenvalue weighted by Gasteiger charge is 2.42. The monoisotopic (exact) mass is 241 g/mol. The minimum absolute atomic E-state index is 0.189. The van der Waals surface area contributed by atoms with Crippen LogP contribution in [0.1, 0.15) is 35.4 Å². The number of hydrogen-bond acceptors (Lipinski definition) is 2. The fraction of sp³-hybridized carbons (Fsp3) is 0.400. The number of imidazole rings is 1. The molecule has 0 aliphatic heterocycles. The predicted molar refractivity (Wildman–Crippen MR) is 73.3 cm³/mol. The van der Waals surface area contributed by atoms with Crippen LogP contribution in [0.2, 0.25) is 0 Å². The number of aryl methyl sites for hydroxylation is 3. The smallest absolute Gasteiger partial charge is 0.126 e. The van der Waals surface area contributed by atoms with Crippen LogP contribution in [0.25, 0.3) is 11.3 Å². The summed E-state index contributed by atoms with van der Waals surface area (Å²) in [6.07, 6.45) is 3.97. The molecular weight excluding hydrogens is 222 g/mol. The molecule has 1 heterocycles. The fourth-order valence-electron chi connectivity index (χ4n) is 2.33. The minimum Gasteiger partial charge on any atom is -0.340 e. The molecule has 1 aromatic heterocycles. The molecule has 0 unspecified atom stereocenters. The van der Waals surface area contributed by atoms with Crippen molar-refractivity contribution in [2.75, 3.05) is 0 Å². The van der Waals surface area contributed by atoms with Gasteiger partial charge in [0.1, 0.15) is 5.82 Å². The van der Waals surface area contributed by atoms with Gasteiger partial charge in [-0.15, -0.1) is 0 Å². The van der Waals surface area contributed by atoms with Crippen molar-refractivity contribution in [2.45, 2.75) is 39.2 Å². The zero-order valence-electron chi connectivity index (χ0n) is 11.2. The van der Waals surface area contributed by atoms with Crippen LogP contribution >= 0.6 is 0 Å². The Labute approximate surface area is 107 Å². The van der Waals surface area contributed by atoms with Crippen molar-refractivity contribution in [3.63, 3.8) is 0 Å². The quantitative estimate of drug-likeness (QED) is 0.849. The summed E-state index contributed by atoms with van der Waals surface area (Å²) in [7, 11) is 0.